The van der Waals surface area contributed by atoms with Gasteiger partial charge in [-0.05, 0) is 29.8 Å². The monoisotopic (exact) mass is 268 g/mol. The van der Waals surface area contributed by atoms with Crippen LogP contribution in [0.2, 0.25) is 0 Å². The van der Waals surface area contributed by atoms with E-state index in [1.165, 1.54) is 0 Å². The van der Waals surface area contributed by atoms with E-state index in [2.05, 4.69) is 24.3 Å². The molecular formula is C17H16O3. The largest absolute Gasteiger partial charge is 0.481 e. The lowest BCUT2D eigenvalue weighted by Gasteiger charge is -2.22. The van der Waals surface area contributed by atoms with E-state index in [0.29, 0.717) is 0 Å². The van der Waals surface area contributed by atoms with Crippen molar-refractivity contribution >= 4 is 6.08 Å². The Bertz CT molecular complexity index is 605. The van der Waals surface area contributed by atoms with E-state index >= 15 is 0 Å². The summed E-state index contributed by atoms with van der Waals surface area (Å²) in [5, 5.41) is 0. The summed E-state index contributed by atoms with van der Waals surface area (Å²) >= 11 is 0. The standard InChI is InChI=1S/C17H16O3/c1-18-12-19-15-8-10-17-14(11-15)7-9-16(20-17)13-5-3-2-4-6-13/h2-11,16H,12H2,1H3/t16-/m1/s1. The van der Waals surface area contributed by atoms with E-state index in [0.717, 1.165) is 22.6 Å². The highest BCUT2D eigenvalue weighted by Crippen LogP contribution is 2.34. The second-order valence-electron chi connectivity index (χ2n) is 4.56. The molecule has 3 nitrogen and oxygen atoms in total. The van der Waals surface area contributed by atoms with Gasteiger partial charge in [0.25, 0.3) is 0 Å². The molecule has 0 aromatic heterocycles. The average molecular weight is 268 g/mol. The van der Waals surface area contributed by atoms with Crippen LogP contribution in [-0.4, -0.2) is 13.9 Å². The van der Waals surface area contributed by atoms with Crippen molar-refractivity contribution in [2.24, 2.45) is 0 Å². The minimum absolute atomic E-state index is 0.0329. The molecule has 0 radical (unpaired) electrons. The normalized spacial score (nSPS) is 16.4. The molecule has 0 spiro atoms. The molecule has 1 heterocycles. The molecule has 0 saturated heterocycles. The molecule has 0 N–H and O–H groups in total. The molecular weight excluding hydrogens is 252 g/mol. The lowest BCUT2D eigenvalue weighted by atomic mass is 10.0. The smallest absolute Gasteiger partial charge is 0.188 e. The third kappa shape index (κ3) is 2.68. The molecule has 0 fully saturated rings. The van der Waals surface area contributed by atoms with Gasteiger partial charge in [-0.3, -0.25) is 0 Å². The van der Waals surface area contributed by atoms with Gasteiger partial charge < -0.3 is 14.2 Å². The highest BCUT2D eigenvalue weighted by Gasteiger charge is 2.16. The molecule has 1 aliphatic heterocycles. The van der Waals surface area contributed by atoms with Gasteiger partial charge in [0.2, 0.25) is 0 Å². The molecule has 0 amide bonds. The van der Waals surface area contributed by atoms with Crippen molar-refractivity contribution in [2.45, 2.75) is 6.10 Å². The molecule has 1 atom stereocenters. The maximum atomic E-state index is 6.00. The predicted molar refractivity (Wildman–Crippen MR) is 77.8 cm³/mol. The zero-order valence-electron chi connectivity index (χ0n) is 11.3. The molecule has 0 unspecified atom stereocenters. The van der Waals surface area contributed by atoms with Gasteiger partial charge in [-0.2, -0.15) is 0 Å². The fourth-order valence-corrected chi connectivity index (χ4v) is 2.17. The summed E-state index contributed by atoms with van der Waals surface area (Å²) in [7, 11) is 1.60. The Hall–Kier alpha value is -2.26. The van der Waals surface area contributed by atoms with Crippen molar-refractivity contribution in [1.82, 2.24) is 0 Å². The minimum Gasteiger partial charge on any atom is -0.481 e. The van der Waals surface area contributed by atoms with E-state index in [1.54, 1.807) is 7.11 Å². The first-order valence-corrected chi connectivity index (χ1v) is 6.52. The van der Waals surface area contributed by atoms with E-state index < -0.39 is 0 Å². The van der Waals surface area contributed by atoms with Crippen molar-refractivity contribution in [3.63, 3.8) is 0 Å². The summed E-state index contributed by atoms with van der Waals surface area (Å²) in [5.41, 5.74) is 2.17. The van der Waals surface area contributed by atoms with Crippen molar-refractivity contribution < 1.29 is 14.2 Å². The second kappa shape index (κ2) is 5.80. The van der Waals surface area contributed by atoms with Crippen molar-refractivity contribution in [2.75, 3.05) is 13.9 Å². The van der Waals surface area contributed by atoms with Crippen LogP contribution in [0.3, 0.4) is 0 Å². The number of hydrogen-bond donors (Lipinski definition) is 0. The molecule has 3 rings (SSSR count). The van der Waals surface area contributed by atoms with Crippen LogP contribution < -0.4 is 9.47 Å². The molecule has 0 bridgehead atoms. The lowest BCUT2D eigenvalue weighted by Crippen LogP contribution is -2.09. The van der Waals surface area contributed by atoms with Gasteiger partial charge in [-0.1, -0.05) is 36.4 Å². The van der Waals surface area contributed by atoms with Crippen molar-refractivity contribution in [3.05, 3.63) is 65.7 Å². The molecule has 3 heteroatoms. The van der Waals surface area contributed by atoms with Gasteiger partial charge in [-0.15, -0.1) is 0 Å². The second-order valence-corrected chi connectivity index (χ2v) is 4.56. The summed E-state index contributed by atoms with van der Waals surface area (Å²) in [6, 6.07) is 15.9. The fourth-order valence-electron chi connectivity index (χ4n) is 2.17. The molecule has 2 aromatic carbocycles. The Balaban J connectivity index is 1.80. The van der Waals surface area contributed by atoms with E-state index in [-0.39, 0.29) is 12.9 Å². The summed E-state index contributed by atoms with van der Waals surface area (Å²) in [5.74, 6) is 1.64. The first-order valence-electron chi connectivity index (χ1n) is 6.52. The van der Waals surface area contributed by atoms with Crippen LogP contribution in [0.5, 0.6) is 11.5 Å². The van der Waals surface area contributed by atoms with Gasteiger partial charge in [-0.25, -0.2) is 0 Å². The number of methoxy groups -OCH3 is 1. The van der Waals surface area contributed by atoms with Crippen LogP contribution in [0.25, 0.3) is 6.08 Å². The Labute approximate surface area is 118 Å². The summed E-state index contributed by atoms with van der Waals surface area (Å²) < 4.78 is 16.3. The number of hydrogen-bond acceptors (Lipinski definition) is 3. The lowest BCUT2D eigenvalue weighted by molar-refractivity contribution is 0.0510. The average Bonchev–Trinajstić information content (AvgIpc) is 2.53. The zero-order chi connectivity index (χ0) is 13.8. The van der Waals surface area contributed by atoms with Crippen molar-refractivity contribution in [1.29, 1.82) is 0 Å². The van der Waals surface area contributed by atoms with Gasteiger partial charge in [0.1, 0.15) is 17.6 Å². The van der Waals surface area contributed by atoms with Crippen molar-refractivity contribution in [3.8, 4) is 11.5 Å². The van der Waals surface area contributed by atoms with E-state index in [1.807, 2.05) is 36.4 Å². The topological polar surface area (TPSA) is 27.7 Å². The maximum absolute atomic E-state index is 6.00. The zero-order valence-corrected chi connectivity index (χ0v) is 11.3. The predicted octanol–water partition coefficient (Wildman–Crippen LogP) is 3.82. The molecule has 0 aliphatic carbocycles. The molecule has 1 aliphatic rings. The van der Waals surface area contributed by atoms with Gasteiger partial charge >= 0.3 is 0 Å². The summed E-state index contributed by atoms with van der Waals surface area (Å²) in [4.78, 5) is 0. The van der Waals surface area contributed by atoms with Crippen LogP contribution in [0.4, 0.5) is 0 Å². The van der Waals surface area contributed by atoms with Gasteiger partial charge in [0.05, 0.1) is 0 Å². The van der Waals surface area contributed by atoms with Crippen LogP contribution in [-0.2, 0) is 4.74 Å². The highest BCUT2D eigenvalue weighted by atomic mass is 16.7. The first kappa shape index (κ1) is 12.8. The number of benzene rings is 2. The van der Waals surface area contributed by atoms with Crippen LogP contribution in [0.1, 0.15) is 17.2 Å². The third-order valence-corrected chi connectivity index (χ3v) is 3.16. The molecule has 0 saturated carbocycles. The van der Waals surface area contributed by atoms with Crippen LogP contribution in [0.15, 0.2) is 54.6 Å². The third-order valence-electron chi connectivity index (χ3n) is 3.16. The van der Waals surface area contributed by atoms with E-state index in [4.69, 9.17) is 14.2 Å². The summed E-state index contributed by atoms with van der Waals surface area (Å²) in [6.07, 6.45) is 4.09. The number of fused-ring (bicyclic) bond motifs is 1. The number of ether oxygens (including phenoxy) is 3. The maximum Gasteiger partial charge on any atom is 0.188 e. The first-order chi connectivity index (χ1) is 9.86. The highest BCUT2D eigenvalue weighted by molar-refractivity contribution is 5.62. The van der Waals surface area contributed by atoms with E-state index in [9.17, 15) is 0 Å². The van der Waals surface area contributed by atoms with Crippen LogP contribution >= 0.6 is 0 Å². The minimum atomic E-state index is -0.0329. The fraction of sp³-hybridized carbons (Fsp3) is 0.176. The molecule has 2 aromatic rings. The Kier molecular flexibility index (Phi) is 3.70. The Morgan fingerprint density at radius 3 is 2.75 bits per heavy atom. The summed E-state index contributed by atoms with van der Waals surface area (Å²) in [6.45, 7) is 0.246. The Morgan fingerprint density at radius 2 is 1.95 bits per heavy atom. The van der Waals surface area contributed by atoms with Gasteiger partial charge in [0, 0.05) is 12.7 Å². The molecule has 20 heavy (non-hydrogen) atoms. The van der Waals surface area contributed by atoms with Gasteiger partial charge in [0.15, 0.2) is 6.79 Å². The number of rotatable bonds is 4. The van der Waals surface area contributed by atoms with Crippen LogP contribution in [0, 0.1) is 0 Å². The Morgan fingerprint density at radius 1 is 1.10 bits per heavy atom. The quantitative estimate of drug-likeness (QED) is 0.789. The SMILES string of the molecule is COCOc1ccc2c(c1)C=C[C@H](c1ccccc1)O2. The molecule has 102 valence electrons.